The van der Waals surface area contributed by atoms with Crippen molar-refractivity contribution in [1.29, 1.82) is 0 Å². The zero-order chi connectivity index (χ0) is 28.7. The third-order valence-electron chi connectivity index (χ3n) is 5.97. The molecule has 0 atom stereocenters. The molecule has 40 heavy (non-hydrogen) atoms. The molecular weight excluding hydrogens is 552 g/mol. The SMILES string of the molecule is COc1cc(-c2cccc(C(F)(F)F)c2)ccc1-n1c(=O)ccc2cc(S(=O)(=O)Nc3ncccn3)c(F)cc21. The number of pyridine rings is 1. The molecule has 13 heteroatoms. The minimum Gasteiger partial charge on any atom is -0.495 e. The summed E-state index contributed by atoms with van der Waals surface area (Å²) in [6.07, 6.45) is -1.91. The molecule has 2 aromatic heterocycles. The van der Waals surface area contributed by atoms with Gasteiger partial charge in [-0.2, -0.15) is 13.2 Å². The number of rotatable bonds is 6. The summed E-state index contributed by atoms with van der Waals surface area (Å²) in [5, 5.41) is 0.208. The first-order chi connectivity index (χ1) is 19.0. The molecule has 204 valence electrons. The quantitative estimate of drug-likeness (QED) is 0.274. The van der Waals surface area contributed by atoms with Crippen LogP contribution in [0.4, 0.5) is 23.5 Å². The van der Waals surface area contributed by atoms with Crippen molar-refractivity contribution in [2.75, 3.05) is 11.8 Å². The summed E-state index contributed by atoms with van der Waals surface area (Å²) in [6, 6.07) is 15.1. The van der Waals surface area contributed by atoms with Gasteiger partial charge in [0.1, 0.15) is 16.5 Å². The van der Waals surface area contributed by atoms with Crippen LogP contribution < -0.4 is 15.0 Å². The van der Waals surface area contributed by atoms with E-state index in [1.54, 1.807) is 0 Å². The second-order valence-corrected chi connectivity index (χ2v) is 10.1. The van der Waals surface area contributed by atoms with Gasteiger partial charge in [0.05, 0.1) is 23.9 Å². The number of hydrogen-bond acceptors (Lipinski definition) is 6. The van der Waals surface area contributed by atoms with Crippen molar-refractivity contribution < 1.29 is 30.7 Å². The van der Waals surface area contributed by atoms with Crippen LogP contribution in [0.5, 0.6) is 5.75 Å². The molecule has 5 rings (SSSR count). The highest BCUT2D eigenvalue weighted by Gasteiger charge is 2.30. The largest absolute Gasteiger partial charge is 0.495 e. The molecule has 0 saturated heterocycles. The van der Waals surface area contributed by atoms with Crippen LogP contribution in [-0.2, 0) is 16.2 Å². The van der Waals surface area contributed by atoms with Crippen molar-refractivity contribution in [2.45, 2.75) is 11.1 Å². The highest BCUT2D eigenvalue weighted by molar-refractivity contribution is 7.92. The van der Waals surface area contributed by atoms with E-state index in [4.69, 9.17) is 4.74 Å². The van der Waals surface area contributed by atoms with Gasteiger partial charge in [0, 0.05) is 29.9 Å². The molecule has 0 aliphatic carbocycles. The Morgan fingerprint density at radius 3 is 2.33 bits per heavy atom. The van der Waals surface area contributed by atoms with Crippen molar-refractivity contribution >= 4 is 26.9 Å². The van der Waals surface area contributed by atoms with E-state index >= 15 is 4.39 Å². The van der Waals surface area contributed by atoms with Crippen LogP contribution in [0.15, 0.2) is 94.9 Å². The summed E-state index contributed by atoms with van der Waals surface area (Å²) in [7, 11) is -3.12. The summed E-state index contributed by atoms with van der Waals surface area (Å²) in [5.41, 5.74) is -0.560. The Morgan fingerprint density at radius 2 is 1.62 bits per heavy atom. The molecule has 0 aliphatic rings. The summed E-state index contributed by atoms with van der Waals surface area (Å²) in [6.45, 7) is 0. The molecule has 0 fully saturated rings. The zero-order valence-electron chi connectivity index (χ0n) is 20.5. The maximum atomic E-state index is 15.2. The number of anilines is 1. The lowest BCUT2D eigenvalue weighted by Gasteiger charge is -2.16. The average molecular weight is 571 g/mol. The third kappa shape index (κ3) is 5.10. The number of aromatic nitrogens is 3. The number of fused-ring (bicyclic) bond motifs is 1. The first kappa shape index (κ1) is 26.8. The van der Waals surface area contributed by atoms with Gasteiger partial charge >= 0.3 is 6.18 Å². The summed E-state index contributed by atoms with van der Waals surface area (Å²) in [5.74, 6) is -1.28. The number of ether oxygens (including phenoxy) is 1. The lowest BCUT2D eigenvalue weighted by atomic mass is 10.0. The van der Waals surface area contributed by atoms with Gasteiger partial charge in [-0.05, 0) is 53.6 Å². The summed E-state index contributed by atoms with van der Waals surface area (Å²) < 4.78 is 89.3. The first-order valence-electron chi connectivity index (χ1n) is 11.5. The van der Waals surface area contributed by atoms with Crippen molar-refractivity contribution in [3.63, 3.8) is 0 Å². The normalized spacial score (nSPS) is 11.9. The Labute approximate surface area is 224 Å². The molecule has 0 saturated carbocycles. The standard InChI is InChI=1S/C27H18F4N4O4S/c1-39-23-13-17(16-4-2-5-19(12-16)27(29,30)31)6-8-21(23)35-22-15-20(28)24(14-18(22)7-9-25(35)36)40(37,38)34-26-32-10-3-11-33-26/h2-15H,1H3,(H,32,33,34). The molecule has 0 amide bonds. The van der Waals surface area contributed by atoms with Crippen LogP contribution in [0.1, 0.15) is 5.56 Å². The number of sulfonamides is 1. The van der Waals surface area contributed by atoms with Gasteiger partial charge in [-0.3, -0.25) is 9.36 Å². The molecule has 1 N–H and O–H groups in total. The zero-order valence-corrected chi connectivity index (χ0v) is 21.3. The lowest BCUT2D eigenvalue weighted by Crippen LogP contribution is -2.20. The molecular formula is C27H18F4N4O4S. The summed E-state index contributed by atoms with van der Waals surface area (Å²) >= 11 is 0. The molecule has 3 aromatic carbocycles. The van der Waals surface area contributed by atoms with E-state index in [0.717, 1.165) is 28.8 Å². The Hall–Kier alpha value is -4.78. The predicted molar refractivity (Wildman–Crippen MR) is 139 cm³/mol. The van der Waals surface area contributed by atoms with Gasteiger partial charge < -0.3 is 4.74 Å². The average Bonchev–Trinajstić information content (AvgIpc) is 2.92. The number of benzene rings is 3. The second kappa shape index (κ2) is 10.1. The lowest BCUT2D eigenvalue weighted by molar-refractivity contribution is -0.137. The number of nitrogens with one attached hydrogen (secondary N) is 1. The van der Waals surface area contributed by atoms with Crippen LogP contribution >= 0.6 is 0 Å². The van der Waals surface area contributed by atoms with E-state index in [-0.39, 0.29) is 33.9 Å². The fraction of sp³-hybridized carbons (Fsp3) is 0.0741. The number of hydrogen-bond donors (Lipinski definition) is 1. The van der Waals surface area contributed by atoms with Gasteiger partial charge in [0.2, 0.25) is 5.95 Å². The minimum absolute atomic E-state index is 0.0324. The molecule has 0 spiro atoms. The van der Waals surface area contributed by atoms with Crippen molar-refractivity contribution in [1.82, 2.24) is 14.5 Å². The fourth-order valence-corrected chi connectivity index (χ4v) is 5.19. The molecule has 0 aliphatic heterocycles. The van der Waals surface area contributed by atoms with Crippen LogP contribution in [0, 0.1) is 5.82 Å². The van der Waals surface area contributed by atoms with Crippen LogP contribution in [0.25, 0.3) is 27.7 Å². The topological polar surface area (TPSA) is 103 Å². The second-order valence-electron chi connectivity index (χ2n) is 8.49. The van der Waals surface area contributed by atoms with E-state index in [9.17, 15) is 26.4 Å². The first-order valence-corrected chi connectivity index (χ1v) is 13.0. The van der Waals surface area contributed by atoms with Gasteiger partial charge in [-0.1, -0.05) is 18.2 Å². The summed E-state index contributed by atoms with van der Waals surface area (Å²) in [4.78, 5) is 19.8. The van der Waals surface area contributed by atoms with E-state index in [2.05, 4.69) is 14.7 Å². The number of halogens is 4. The number of methoxy groups -OCH3 is 1. The van der Waals surface area contributed by atoms with E-state index in [1.165, 1.54) is 68.0 Å². The number of nitrogens with zero attached hydrogens (tertiary/aromatic N) is 3. The predicted octanol–water partition coefficient (Wildman–Crippen LogP) is 5.42. The van der Waals surface area contributed by atoms with E-state index < -0.39 is 38.0 Å². The molecule has 0 radical (unpaired) electrons. The highest BCUT2D eigenvalue weighted by Crippen LogP contribution is 2.35. The Morgan fingerprint density at radius 1 is 0.900 bits per heavy atom. The van der Waals surface area contributed by atoms with Gasteiger partial charge in [0.15, 0.2) is 0 Å². The maximum absolute atomic E-state index is 15.2. The van der Waals surface area contributed by atoms with Gasteiger partial charge in [-0.25, -0.2) is 27.5 Å². The Bertz CT molecular complexity index is 1910. The van der Waals surface area contributed by atoms with E-state index in [0.29, 0.717) is 5.56 Å². The molecule has 0 bridgehead atoms. The molecule has 2 heterocycles. The van der Waals surface area contributed by atoms with Crippen molar-refractivity contribution in [3.8, 4) is 22.6 Å². The highest BCUT2D eigenvalue weighted by atomic mass is 32.2. The maximum Gasteiger partial charge on any atom is 0.416 e. The van der Waals surface area contributed by atoms with Crippen LogP contribution in [-0.4, -0.2) is 30.1 Å². The Balaban J connectivity index is 1.62. The van der Waals surface area contributed by atoms with Crippen molar-refractivity contribution in [2.24, 2.45) is 0 Å². The van der Waals surface area contributed by atoms with E-state index in [1.807, 2.05) is 0 Å². The van der Waals surface area contributed by atoms with Crippen LogP contribution in [0.3, 0.4) is 0 Å². The van der Waals surface area contributed by atoms with Gasteiger partial charge in [0.25, 0.3) is 15.6 Å². The van der Waals surface area contributed by atoms with Crippen molar-refractivity contribution in [3.05, 3.63) is 107 Å². The minimum atomic E-state index is -4.53. The fourth-order valence-electron chi connectivity index (χ4n) is 4.14. The monoisotopic (exact) mass is 570 g/mol. The molecule has 0 unspecified atom stereocenters. The number of alkyl halides is 3. The van der Waals surface area contributed by atoms with Gasteiger partial charge in [-0.15, -0.1) is 0 Å². The smallest absolute Gasteiger partial charge is 0.416 e. The van der Waals surface area contributed by atoms with Crippen LogP contribution in [0.2, 0.25) is 0 Å². The molecule has 8 nitrogen and oxygen atoms in total. The molecule has 5 aromatic rings. The third-order valence-corrected chi connectivity index (χ3v) is 7.32. The Kier molecular flexibility index (Phi) is 6.75.